The highest BCUT2D eigenvalue weighted by Gasteiger charge is 2.20. The van der Waals surface area contributed by atoms with Crippen LogP contribution in [0.1, 0.15) is 26.3 Å². The molecule has 3 nitrogen and oxygen atoms in total. The molecule has 0 fully saturated rings. The zero-order valence-electron chi connectivity index (χ0n) is 8.90. The number of hydrogen-bond donors (Lipinski definition) is 0. The van der Waals surface area contributed by atoms with Gasteiger partial charge in [-0.1, -0.05) is 30.3 Å². The summed E-state index contributed by atoms with van der Waals surface area (Å²) < 4.78 is 0. The second-order valence-electron chi connectivity index (χ2n) is 4.30. The smallest absolute Gasteiger partial charge is 0.0648 e. The minimum absolute atomic E-state index is 0.225. The van der Waals surface area contributed by atoms with Crippen molar-refractivity contribution in [2.24, 2.45) is 5.29 Å². The van der Waals surface area contributed by atoms with Gasteiger partial charge in [0.2, 0.25) is 0 Å². The summed E-state index contributed by atoms with van der Waals surface area (Å²) in [5, 5.41) is 4.58. The van der Waals surface area contributed by atoms with Gasteiger partial charge in [-0.3, -0.25) is 5.01 Å². The first-order valence-electron chi connectivity index (χ1n) is 4.69. The van der Waals surface area contributed by atoms with Crippen LogP contribution in [-0.2, 0) is 6.54 Å². The van der Waals surface area contributed by atoms with Gasteiger partial charge in [0.15, 0.2) is 0 Å². The molecule has 0 radical (unpaired) electrons. The van der Waals surface area contributed by atoms with E-state index in [0.29, 0.717) is 6.54 Å². The average molecular weight is 192 g/mol. The summed E-state index contributed by atoms with van der Waals surface area (Å²) in [4.78, 5) is 10.6. The Balaban J connectivity index is 2.72. The molecule has 1 rings (SSSR count). The molecule has 0 bridgehead atoms. The maximum Gasteiger partial charge on any atom is 0.0648 e. The number of nitrogens with zero attached hydrogens (tertiary/aromatic N) is 2. The minimum atomic E-state index is -0.225. The molecule has 1 aromatic rings. The molecule has 1 aromatic carbocycles. The standard InChI is InChI=1S/C11H16N2O/c1-11(2,3)13(12-14)9-10-7-5-4-6-8-10/h4-8H,9H2,1-3H3. The lowest BCUT2D eigenvalue weighted by molar-refractivity contribution is 0.131. The summed E-state index contributed by atoms with van der Waals surface area (Å²) in [6.07, 6.45) is 0. The van der Waals surface area contributed by atoms with Gasteiger partial charge in [-0.25, -0.2) is 0 Å². The molecule has 0 aromatic heterocycles. The molecule has 0 atom stereocenters. The summed E-state index contributed by atoms with van der Waals surface area (Å²) in [6.45, 7) is 6.47. The fraction of sp³-hybridized carbons (Fsp3) is 0.455. The fourth-order valence-electron chi connectivity index (χ4n) is 1.14. The van der Waals surface area contributed by atoms with Crippen LogP contribution < -0.4 is 0 Å². The number of rotatable bonds is 3. The van der Waals surface area contributed by atoms with Gasteiger partial charge in [-0.2, -0.15) is 0 Å². The third-order valence-corrected chi connectivity index (χ3v) is 2.05. The van der Waals surface area contributed by atoms with Crippen molar-refractivity contribution in [1.82, 2.24) is 5.01 Å². The summed E-state index contributed by atoms with van der Waals surface area (Å²) in [6, 6.07) is 9.86. The molecule has 3 heteroatoms. The van der Waals surface area contributed by atoms with E-state index < -0.39 is 0 Å². The number of hydrogen-bond acceptors (Lipinski definition) is 2. The van der Waals surface area contributed by atoms with Crippen LogP contribution in [0.5, 0.6) is 0 Å². The first kappa shape index (κ1) is 10.7. The van der Waals surface area contributed by atoms with Crippen molar-refractivity contribution in [2.45, 2.75) is 32.9 Å². The van der Waals surface area contributed by atoms with Crippen LogP contribution in [-0.4, -0.2) is 10.5 Å². The Kier molecular flexibility index (Phi) is 3.23. The molecule has 0 amide bonds. The number of benzene rings is 1. The molecule has 0 saturated heterocycles. The largest absolute Gasteiger partial charge is 0.251 e. The lowest BCUT2D eigenvalue weighted by Gasteiger charge is -2.29. The normalized spacial score (nSPS) is 11.1. The predicted molar refractivity (Wildman–Crippen MR) is 57.5 cm³/mol. The lowest BCUT2D eigenvalue weighted by atomic mass is 10.1. The van der Waals surface area contributed by atoms with Crippen molar-refractivity contribution in [3.63, 3.8) is 0 Å². The van der Waals surface area contributed by atoms with Crippen molar-refractivity contribution < 1.29 is 0 Å². The summed E-state index contributed by atoms with van der Waals surface area (Å²) in [5.74, 6) is 0. The molecule has 0 unspecified atom stereocenters. The van der Waals surface area contributed by atoms with E-state index in [9.17, 15) is 4.91 Å². The van der Waals surface area contributed by atoms with Gasteiger partial charge < -0.3 is 0 Å². The van der Waals surface area contributed by atoms with Gasteiger partial charge in [-0.15, -0.1) is 4.91 Å². The van der Waals surface area contributed by atoms with Crippen LogP contribution in [0, 0.1) is 4.91 Å². The Labute approximate surface area is 84.7 Å². The second kappa shape index (κ2) is 4.22. The maximum absolute atomic E-state index is 10.6. The van der Waals surface area contributed by atoms with Gasteiger partial charge in [0, 0.05) is 0 Å². The SMILES string of the molecule is CC(C)(C)N(Cc1ccccc1)N=O. The Bertz CT molecular complexity index is 290. The summed E-state index contributed by atoms with van der Waals surface area (Å²) in [7, 11) is 0. The van der Waals surface area contributed by atoms with Gasteiger partial charge in [-0.05, 0) is 26.3 Å². The van der Waals surface area contributed by atoms with Crippen LogP contribution in [0.25, 0.3) is 0 Å². The highest BCUT2D eigenvalue weighted by Crippen LogP contribution is 2.16. The maximum atomic E-state index is 10.6. The molecule has 0 aliphatic carbocycles. The van der Waals surface area contributed by atoms with Crippen LogP contribution in [0.2, 0.25) is 0 Å². The molecular formula is C11H16N2O. The third kappa shape index (κ3) is 2.83. The molecule has 0 saturated carbocycles. The highest BCUT2D eigenvalue weighted by atomic mass is 16.3. The Morgan fingerprint density at radius 2 is 1.79 bits per heavy atom. The van der Waals surface area contributed by atoms with Crippen molar-refractivity contribution in [3.05, 3.63) is 40.8 Å². The second-order valence-corrected chi connectivity index (χ2v) is 4.30. The van der Waals surface area contributed by atoms with Crippen LogP contribution in [0.4, 0.5) is 0 Å². The monoisotopic (exact) mass is 192 g/mol. The van der Waals surface area contributed by atoms with Gasteiger partial charge in [0.25, 0.3) is 0 Å². The van der Waals surface area contributed by atoms with Gasteiger partial charge in [0.1, 0.15) is 0 Å². The van der Waals surface area contributed by atoms with E-state index in [1.54, 1.807) is 5.01 Å². The van der Waals surface area contributed by atoms with E-state index in [1.807, 2.05) is 51.1 Å². The predicted octanol–water partition coefficient (Wildman–Crippen LogP) is 2.97. The van der Waals surface area contributed by atoms with Crippen molar-refractivity contribution in [1.29, 1.82) is 0 Å². The Morgan fingerprint density at radius 1 is 1.21 bits per heavy atom. The van der Waals surface area contributed by atoms with Crippen molar-refractivity contribution in [2.75, 3.05) is 0 Å². The molecule has 0 aliphatic rings. The first-order chi connectivity index (χ1) is 6.54. The highest BCUT2D eigenvalue weighted by molar-refractivity contribution is 5.14. The van der Waals surface area contributed by atoms with E-state index >= 15 is 0 Å². The molecule has 76 valence electrons. The molecule has 14 heavy (non-hydrogen) atoms. The summed E-state index contributed by atoms with van der Waals surface area (Å²) in [5.41, 5.74) is 0.874. The minimum Gasteiger partial charge on any atom is -0.251 e. The van der Waals surface area contributed by atoms with Crippen molar-refractivity contribution >= 4 is 0 Å². The van der Waals surface area contributed by atoms with E-state index in [1.165, 1.54) is 0 Å². The molecule has 0 N–H and O–H groups in total. The molecule has 0 spiro atoms. The third-order valence-electron chi connectivity index (χ3n) is 2.05. The van der Waals surface area contributed by atoms with Crippen LogP contribution in [0.3, 0.4) is 0 Å². The fourth-order valence-corrected chi connectivity index (χ4v) is 1.14. The molecule has 0 aliphatic heterocycles. The lowest BCUT2D eigenvalue weighted by Crippen LogP contribution is -2.36. The van der Waals surface area contributed by atoms with Gasteiger partial charge >= 0.3 is 0 Å². The average Bonchev–Trinajstić information content (AvgIpc) is 2.14. The van der Waals surface area contributed by atoms with E-state index in [-0.39, 0.29) is 5.54 Å². The van der Waals surface area contributed by atoms with E-state index in [0.717, 1.165) is 5.56 Å². The Hall–Kier alpha value is -1.38. The van der Waals surface area contributed by atoms with Crippen LogP contribution in [0.15, 0.2) is 35.6 Å². The quantitative estimate of drug-likeness (QED) is 0.544. The zero-order chi connectivity index (χ0) is 10.6. The summed E-state index contributed by atoms with van der Waals surface area (Å²) >= 11 is 0. The molecular weight excluding hydrogens is 176 g/mol. The van der Waals surface area contributed by atoms with E-state index in [2.05, 4.69) is 5.29 Å². The van der Waals surface area contributed by atoms with Crippen molar-refractivity contribution in [3.8, 4) is 0 Å². The van der Waals surface area contributed by atoms with E-state index in [4.69, 9.17) is 0 Å². The topological polar surface area (TPSA) is 32.7 Å². The zero-order valence-corrected chi connectivity index (χ0v) is 8.90. The first-order valence-corrected chi connectivity index (χ1v) is 4.69. The van der Waals surface area contributed by atoms with Gasteiger partial charge in [0.05, 0.1) is 17.4 Å². The molecule has 0 heterocycles. The Morgan fingerprint density at radius 3 is 2.21 bits per heavy atom. The van der Waals surface area contributed by atoms with Crippen LogP contribution >= 0.6 is 0 Å². The number of nitroso groups, excluding NO2 is 1.